The maximum Gasteiger partial charge on any atom is 0.414 e. The van der Waals surface area contributed by atoms with Gasteiger partial charge in [0.1, 0.15) is 12.2 Å². The minimum absolute atomic E-state index is 0.0277. The summed E-state index contributed by atoms with van der Waals surface area (Å²) in [5.41, 5.74) is 5.55. The predicted octanol–water partition coefficient (Wildman–Crippen LogP) is 0.329. The van der Waals surface area contributed by atoms with Gasteiger partial charge < -0.3 is 25.4 Å². The lowest BCUT2D eigenvalue weighted by Gasteiger charge is -2.31. The number of para-hydroxylation sites is 2. The van der Waals surface area contributed by atoms with E-state index in [2.05, 4.69) is 0 Å². The lowest BCUT2D eigenvalue weighted by atomic mass is 10.2. The number of hydrogen-bond acceptors (Lipinski definition) is 5. The third kappa shape index (κ3) is 4.14. The lowest BCUT2D eigenvalue weighted by molar-refractivity contribution is -0.159. The third-order valence-corrected chi connectivity index (χ3v) is 2.38. The molecule has 0 saturated heterocycles. The molecule has 0 spiro atoms. The van der Waals surface area contributed by atoms with Crippen molar-refractivity contribution in [2.24, 2.45) is 5.73 Å². The lowest BCUT2D eigenvalue weighted by Crippen LogP contribution is -2.42. The zero-order chi connectivity index (χ0) is 14.4. The van der Waals surface area contributed by atoms with Crippen LogP contribution in [0.15, 0.2) is 24.3 Å². The maximum atomic E-state index is 9.10. The number of aliphatic carboxylic acids is 2. The minimum Gasteiger partial charge on any atom is -0.483 e. The van der Waals surface area contributed by atoms with Gasteiger partial charge in [-0.15, -0.1) is 0 Å². The van der Waals surface area contributed by atoms with Crippen LogP contribution >= 0.6 is 0 Å². The molecule has 1 heterocycles. The maximum absolute atomic E-state index is 9.10. The molecule has 0 saturated carbocycles. The highest BCUT2D eigenvalue weighted by Crippen LogP contribution is 2.32. The Morgan fingerprint density at radius 2 is 1.63 bits per heavy atom. The van der Waals surface area contributed by atoms with E-state index < -0.39 is 11.9 Å². The van der Waals surface area contributed by atoms with E-state index in [9.17, 15) is 0 Å². The van der Waals surface area contributed by atoms with Crippen molar-refractivity contribution in [3.05, 3.63) is 24.3 Å². The molecular formula is C12H15NO6. The van der Waals surface area contributed by atoms with E-state index in [0.29, 0.717) is 6.54 Å². The number of carboxylic acid groups (broad SMARTS) is 2. The van der Waals surface area contributed by atoms with Crippen molar-refractivity contribution in [2.45, 2.75) is 19.1 Å². The molecule has 1 aromatic carbocycles. The molecule has 2 unspecified atom stereocenters. The van der Waals surface area contributed by atoms with E-state index in [0.717, 1.165) is 11.5 Å². The highest BCUT2D eigenvalue weighted by atomic mass is 16.6. The summed E-state index contributed by atoms with van der Waals surface area (Å²) in [6.07, 6.45) is -0.00481. The Morgan fingerprint density at radius 1 is 1.16 bits per heavy atom. The highest BCUT2D eigenvalue weighted by molar-refractivity contribution is 6.27. The average molecular weight is 269 g/mol. The largest absolute Gasteiger partial charge is 0.483 e. The Hall–Kier alpha value is -2.28. The van der Waals surface area contributed by atoms with Gasteiger partial charge in [0.25, 0.3) is 0 Å². The number of rotatable bonds is 1. The summed E-state index contributed by atoms with van der Waals surface area (Å²) >= 11 is 0. The molecule has 0 radical (unpaired) electrons. The van der Waals surface area contributed by atoms with Crippen molar-refractivity contribution in [1.29, 1.82) is 0 Å². The van der Waals surface area contributed by atoms with Crippen LogP contribution < -0.4 is 15.2 Å². The number of fused-ring (bicyclic) bond motifs is 1. The molecule has 0 aliphatic carbocycles. The van der Waals surface area contributed by atoms with Crippen LogP contribution in [0.3, 0.4) is 0 Å². The van der Waals surface area contributed by atoms with Crippen LogP contribution in [0, 0.1) is 0 Å². The number of carbonyl (C=O) groups is 2. The van der Waals surface area contributed by atoms with Crippen molar-refractivity contribution in [1.82, 2.24) is 0 Å². The summed E-state index contributed by atoms with van der Waals surface area (Å²) in [4.78, 5) is 18.2. The van der Waals surface area contributed by atoms with Gasteiger partial charge in [0.15, 0.2) is 11.5 Å². The number of carboxylic acids is 2. The highest BCUT2D eigenvalue weighted by Gasteiger charge is 2.26. The number of hydrogen-bond donors (Lipinski definition) is 3. The zero-order valence-corrected chi connectivity index (χ0v) is 10.3. The van der Waals surface area contributed by atoms with Crippen molar-refractivity contribution >= 4 is 11.9 Å². The molecule has 4 N–H and O–H groups in total. The average Bonchev–Trinajstić information content (AvgIpc) is 2.38. The molecule has 0 fully saturated rings. The van der Waals surface area contributed by atoms with Crippen LogP contribution in [0.5, 0.6) is 11.5 Å². The van der Waals surface area contributed by atoms with E-state index in [1.165, 1.54) is 0 Å². The molecule has 1 aliphatic rings. The first-order valence-electron chi connectivity index (χ1n) is 5.54. The first-order chi connectivity index (χ1) is 8.95. The van der Waals surface area contributed by atoms with E-state index in [1.54, 1.807) is 0 Å². The second-order valence-corrected chi connectivity index (χ2v) is 3.77. The van der Waals surface area contributed by atoms with Gasteiger partial charge in [-0.3, -0.25) is 0 Å². The van der Waals surface area contributed by atoms with E-state index >= 15 is 0 Å². The van der Waals surface area contributed by atoms with Gasteiger partial charge >= 0.3 is 11.9 Å². The second kappa shape index (κ2) is 6.60. The van der Waals surface area contributed by atoms with Gasteiger partial charge in [-0.2, -0.15) is 0 Å². The van der Waals surface area contributed by atoms with Crippen LogP contribution in [-0.4, -0.2) is 40.9 Å². The molecule has 0 amide bonds. The summed E-state index contributed by atoms with van der Waals surface area (Å²) in [6, 6.07) is 7.64. The Kier molecular flexibility index (Phi) is 5.13. The smallest absolute Gasteiger partial charge is 0.414 e. The molecule has 2 rings (SSSR count). The summed E-state index contributed by atoms with van der Waals surface area (Å²) in [5.74, 6) is -2.05. The Morgan fingerprint density at radius 3 is 2.05 bits per heavy atom. The van der Waals surface area contributed by atoms with E-state index in [1.807, 2.05) is 31.2 Å². The predicted molar refractivity (Wildman–Crippen MR) is 65.3 cm³/mol. The van der Waals surface area contributed by atoms with Crippen molar-refractivity contribution in [3.63, 3.8) is 0 Å². The first kappa shape index (κ1) is 14.8. The summed E-state index contributed by atoms with van der Waals surface area (Å²) in [7, 11) is 0. The van der Waals surface area contributed by atoms with Crippen LogP contribution in [0.25, 0.3) is 0 Å². The third-order valence-electron chi connectivity index (χ3n) is 2.38. The van der Waals surface area contributed by atoms with E-state index in [-0.39, 0.29) is 12.2 Å². The molecule has 19 heavy (non-hydrogen) atoms. The van der Waals surface area contributed by atoms with Crippen LogP contribution in [-0.2, 0) is 9.59 Å². The van der Waals surface area contributed by atoms with Crippen LogP contribution in [0.1, 0.15) is 6.92 Å². The Labute approximate surface area is 109 Å². The van der Waals surface area contributed by atoms with Crippen molar-refractivity contribution in [3.8, 4) is 11.5 Å². The second-order valence-electron chi connectivity index (χ2n) is 3.77. The molecule has 7 heteroatoms. The van der Waals surface area contributed by atoms with Gasteiger partial charge in [-0.25, -0.2) is 9.59 Å². The molecule has 7 nitrogen and oxygen atoms in total. The van der Waals surface area contributed by atoms with Crippen molar-refractivity contribution in [2.75, 3.05) is 6.54 Å². The fraction of sp³-hybridized carbons (Fsp3) is 0.333. The zero-order valence-electron chi connectivity index (χ0n) is 10.3. The molecule has 1 aliphatic heterocycles. The Bertz CT molecular complexity index is 449. The Balaban J connectivity index is 0.000000258. The van der Waals surface area contributed by atoms with Gasteiger partial charge in [0.05, 0.1) is 0 Å². The number of benzene rings is 1. The first-order valence-corrected chi connectivity index (χ1v) is 5.54. The molecular weight excluding hydrogens is 254 g/mol. The van der Waals surface area contributed by atoms with Crippen molar-refractivity contribution < 1.29 is 29.3 Å². The topological polar surface area (TPSA) is 119 Å². The summed E-state index contributed by atoms with van der Waals surface area (Å²) in [5, 5.41) is 14.8. The molecule has 1 aromatic rings. The molecule has 2 atom stereocenters. The molecule has 0 bridgehead atoms. The fourth-order valence-electron chi connectivity index (χ4n) is 1.42. The fourth-order valence-corrected chi connectivity index (χ4v) is 1.42. The number of nitrogens with two attached hydrogens (primary N) is 1. The minimum atomic E-state index is -1.82. The van der Waals surface area contributed by atoms with E-state index in [4.69, 9.17) is 35.0 Å². The van der Waals surface area contributed by atoms with Gasteiger partial charge in [-0.05, 0) is 19.1 Å². The SMILES string of the molecule is CC1Oc2ccccc2OC1CN.O=C(O)C(=O)O. The van der Waals surface area contributed by atoms with Gasteiger partial charge in [0, 0.05) is 6.54 Å². The summed E-state index contributed by atoms with van der Waals surface area (Å²) < 4.78 is 11.3. The van der Waals surface area contributed by atoms with Gasteiger partial charge in [-0.1, -0.05) is 12.1 Å². The normalized spacial score (nSPS) is 19.9. The summed E-state index contributed by atoms with van der Waals surface area (Å²) in [6.45, 7) is 2.45. The van der Waals surface area contributed by atoms with Crippen LogP contribution in [0.4, 0.5) is 0 Å². The number of ether oxygens (including phenoxy) is 2. The molecule has 104 valence electrons. The molecule has 0 aromatic heterocycles. The quantitative estimate of drug-likeness (QED) is 0.628. The standard InChI is InChI=1S/C10H13NO2.C2H2O4/c1-7-10(6-11)13-9-5-3-2-4-8(9)12-7;3-1(4)2(5)6/h2-5,7,10H,6,11H2,1H3;(H,3,4)(H,5,6). The van der Waals surface area contributed by atoms with Crippen LogP contribution in [0.2, 0.25) is 0 Å². The monoisotopic (exact) mass is 269 g/mol. The van der Waals surface area contributed by atoms with Gasteiger partial charge in [0.2, 0.25) is 0 Å².